The molecule has 1 amide bonds. The van der Waals surface area contributed by atoms with Gasteiger partial charge in [-0.15, -0.1) is 0 Å². The molecule has 0 saturated heterocycles. The predicted molar refractivity (Wildman–Crippen MR) is 91.6 cm³/mol. The Bertz CT molecular complexity index is 677. The number of hydrogen-bond donors (Lipinski definition) is 1. The number of amides is 1. The standard InChI is InChI=1S/C20H23NO2/c1-15-9-11-16(12-10-15)13-21-20(22)14-23-19-8-4-6-17-5-2-3-7-18(17)19/h4,6,8-12H,2-3,5,7,13-14H2,1H3,(H,21,22). The lowest BCUT2D eigenvalue weighted by Crippen LogP contribution is -2.28. The van der Waals surface area contributed by atoms with Crippen LogP contribution in [0.25, 0.3) is 0 Å². The average Bonchev–Trinajstić information content (AvgIpc) is 2.59. The number of rotatable bonds is 5. The van der Waals surface area contributed by atoms with Gasteiger partial charge in [-0.25, -0.2) is 0 Å². The van der Waals surface area contributed by atoms with Crippen LogP contribution in [-0.2, 0) is 24.2 Å². The zero-order chi connectivity index (χ0) is 16.1. The van der Waals surface area contributed by atoms with Crippen LogP contribution in [0.1, 0.15) is 35.1 Å². The Morgan fingerprint density at radius 3 is 2.70 bits per heavy atom. The highest BCUT2D eigenvalue weighted by atomic mass is 16.5. The quantitative estimate of drug-likeness (QED) is 0.917. The highest BCUT2D eigenvalue weighted by molar-refractivity contribution is 5.77. The van der Waals surface area contributed by atoms with Gasteiger partial charge in [0.2, 0.25) is 0 Å². The van der Waals surface area contributed by atoms with E-state index in [1.54, 1.807) is 0 Å². The van der Waals surface area contributed by atoms with Crippen LogP contribution >= 0.6 is 0 Å². The summed E-state index contributed by atoms with van der Waals surface area (Å²) in [6.45, 7) is 2.66. The third kappa shape index (κ3) is 4.13. The molecule has 0 radical (unpaired) electrons. The van der Waals surface area contributed by atoms with Crippen molar-refractivity contribution in [3.05, 3.63) is 64.7 Å². The van der Waals surface area contributed by atoms with Crippen LogP contribution in [0.3, 0.4) is 0 Å². The lowest BCUT2D eigenvalue weighted by molar-refractivity contribution is -0.123. The molecule has 120 valence electrons. The van der Waals surface area contributed by atoms with Crippen molar-refractivity contribution >= 4 is 5.91 Å². The first-order chi connectivity index (χ1) is 11.2. The van der Waals surface area contributed by atoms with Crippen LogP contribution in [0.5, 0.6) is 5.75 Å². The van der Waals surface area contributed by atoms with Gasteiger partial charge in [-0.05, 0) is 55.4 Å². The lowest BCUT2D eigenvalue weighted by atomic mass is 9.91. The van der Waals surface area contributed by atoms with Crippen molar-refractivity contribution in [3.63, 3.8) is 0 Å². The molecule has 1 aliphatic carbocycles. The fourth-order valence-electron chi connectivity index (χ4n) is 2.98. The Kier molecular flexibility index (Phi) is 4.96. The van der Waals surface area contributed by atoms with E-state index in [4.69, 9.17) is 4.74 Å². The Balaban J connectivity index is 1.52. The number of carbonyl (C=O) groups is 1. The molecule has 0 aliphatic heterocycles. The lowest BCUT2D eigenvalue weighted by Gasteiger charge is -2.19. The number of carbonyl (C=O) groups excluding carboxylic acids is 1. The van der Waals surface area contributed by atoms with Crippen molar-refractivity contribution in [2.75, 3.05) is 6.61 Å². The molecule has 2 aromatic carbocycles. The monoisotopic (exact) mass is 309 g/mol. The smallest absolute Gasteiger partial charge is 0.258 e. The Hall–Kier alpha value is -2.29. The number of fused-ring (bicyclic) bond motifs is 1. The highest BCUT2D eigenvalue weighted by Gasteiger charge is 2.14. The van der Waals surface area contributed by atoms with Gasteiger partial charge >= 0.3 is 0 Å². The van der Waals surface area contributed by atoms with E-state index in [1.807, 2.05) is 36.4 Å². The summed E-state index contributed by atoms with van der Waals surface area (Å²) in [6, 6.07) is 14.3. The van der Waals surface area contributed by atoms with Crippen molar-refractivity contribution in [1.82, 2.24) is 5.32 Å². The van der Waals surface area contributed by atoms with Gasteiger partial charge in [-0.3, -0.25) is 4.79 Å². The van der Waals surface area contributed by atoms with E-state index in [9.17, 15) is 4.79 Å². The van der Waals surface area contributed by atoms with Gasteiger partial charge in [0.15, 0.2) is 6.61 Å². The molecule has 2 aromatic rings. The molecule has 0 fully saturated rings. The van der Waals surface area contributed by atoms with E-state index in [2.05, 4.69) is 18.3 Å². The molecule has 0 unspecified atom stereocenters. The van der Waals surface area contributed by atoms with E-state index in [0.29, 0.717) is 6.54 Å². The summed E-state index contributed by atoms with van der Waals surface area (Å²) in [5.74, 6) is 0.784. The Morgan fingerprint density at radius 2 is 1.87 bits per heavy atom. The molecule has 0 saturated carbocycles. The summed E-state index contributed by atoms with van der Waals surface area (Å²) in [5.41, 5.74) is 4.97. The topological polar surface area (TPSA) is 38.3 Å². The largest absolute Gasteiger partial charge is 0.483 e. The number of aryl methyl sites for hydroxylation is 2. The van der Waals surface area contributed by atoms with Crippen molar-refractivity contribution < 1.29 is 9.53 Å². The van der Waals surface area contributed by atoms with Crippen LogP contribution in [0.15, 0.2) is 42.5 Å². The van der Waals surface area contributed by atoms with Crippen molar-refractivity contribution in [1.29, 1.82) is 0 Å². The molecule has 1 N–H and O–H groups in total. The molecule has 1 aliphatic rings. The van der Waals surface area contributed by atoms with Crippen molar-refractivity contribution in [2.45, 2.75) is 39.2 Å². The summed E-state index contributed by atoms with van der Waals surface area (Å²) in [6.07, 6.45) is 4.61. The molecule has 3 rings (SSSR count). The van der Waals surface area contributed by atoms with Gasteiger partial charge in [0.1, 0.15) is 5.75 Å². The number of nitrogens with one attached hydrogen (secondary N) is 1. The minimum atomic E-state index is -0.0843. The fourth-order valence-corrected chi connectivity index (χ4v) is 2.98. The molecule has 3 heteroatoms. The van der Waals surface area contributed by atoms with Crippen LogP contribution in [0.2, 0.25) is 0 Å². The number of ether oxygens (including phenoxy) is 1. The maximum absolute atomic E-state index is 12.0. The zero-order valence-corrected chi connectivity index (χ0v) is 13.6. The van der Waals surface area contributed by atoms with Gasteiger partial charge in [-0.2, -0.15) is 0 Å². The van der Waals surface area contributed by atoms with Crippen LogP contribution < -0.4 is 10.1 Å². The minimum absolute atomic E-state index is 0.0717. The summed E-state index contributed by atoms with van der Waals surface area (Å²) >= 11 is 0. The molecular weight excluding hydrogens is 286 g/mol. The van der Waals surface area contributed by atoms with E-state index >= 15 is 0 Å². The highest BCUT2D eigenvalue weighted by Crippen LogP contribution is 2.29. The second-order valence-corrected chi connectivity index (χ2v) is 6.15. The third-order valence-corrected chi connectivity index (χ3v) is 4.32. The maximum atomic E-state index is 12.0. The zero-order valence-electron chi connectivity index (χ0n) is 13.6. The van der Waals surface area contributed by atoms with E-state index in [0.717, 1.165) is 24.2 Å². The predicted octanol–water partition coefficient (Wildman–Crippen LogP) is 3.57. The van der Waals surface area contributed by atoms with E-state index < -0.39 is 0 Å². The van der Waals surface area contributed by atoms with Gasteiger partial charge in [0, 0.05) is 6.54 Å². The first kappa shape index (κ1) is 15.6. The van der Waals surface area contributed by atoms with Crippen LogP contribution in [0, 0.1) is 6.92 Å². The molecule has 23 heavy (non-hydrogen) atoms. The van der Waals surface area contributed by atoms with Gasteiger partial charge < -0.3 is 10.1 Å². The second kappa shape index (κ2) is 7.32. The first-order valence-electron chi connectivity index (χ1n) is 8.28. The van der Waals surface area contributed by atoms with Crippen molar-refractivity contribution in [3.8, 4) is 5.75 Å². The molecule has 3 nitrogen and oxygen atoms in total. The molecule has 0 heterocycles. The maximum Gasteiger partial charge on any atom is 0.258 e. The van der Waals surface area contributed by atoms with Crippen LogP contribution in [0.4, 0.5) is 0 Å². The van der Waals surface area contributed by atoms with Gasteiger partial charge in [0.05, 0.1) is 0 Å². The Labute approximate surface area is 137 Å². The molecule has 0 atom stereocenters. The summed E-state index contributed by atoms with van der Waals surface area (Å²) in [7, 11) is 0. The number of benzene rings is 2. The number of hydrogen-bond acceptors (Lipinski definition) is 2. The van der Waals surface area contributed by atoms with E-state index in [1.165, 1.54) is 29.5 Å². The molecular formula is C20H23NO2. The average molecular weight is 309 g/mol. The SMILES string of the molecule is Cc1ccc(CNC(=O)COc2cccc3c2CCCC3)cc1. The molecule has 0 bridgehead atoms. The first-order valence-corrected chi connectivity index (χ1v) is 8.28. The third-order valence-electron chi connectivity index (χ3n) is 4.32. The Morgan fingerprint density at radius 1 is 1.09 bits per heavy atom. The summed E-state index contributed by atoms with van der Waals surface area (Å²) in [4.78, 5) is 12.0. The summed E-state index contributed by atoms with van der Waals surface area (Å²) < 4.78 is 5.76. The van der Waals surface area contributed by atoms with Crippen LogP contribution in [-0.4, -0.2) is 12.5 Å². The molecule has 0 aromatic heterocycles. The minimum Gasteiger partial charge on any atom is -0.483 e. The fraction of sp³-hybridized carbons (Fsp3) is 0.350. The summed E-state index contributed by atoms with van der Waals surface area (Å²) in [5, 5.41) is 2.90. The molecule has 0 spiro atoms. The van der Waals surface area contributed by atoms with Gasteiger partial charge in [0.25, 0.3) is 5.91 Å². The normalized spacial score (nSPS) is 13.3. The van der Waals surface area contributed by atoms with Gasteiger partial charge in [-0.1, -0.05) is 42.0 Å². The van der Waals surface area contributed by atoms with Crippen molar-refractivity contribution in [2.24, 2.45) is 0 Å². The van der Waals surface area contributed by atoms with E-state index in [-0.39, 0.29) is 12.5 Å². The second-order valence-electron chi connectivity index (χ2n) is 6.15.